The summed E-state index contributed by atoms with van der Waals surface area (Å²) in [5.41, 5.74) is 0.407. The van der Waals surface area contributed by atoms with E-state index in [-0.39, 0.29) is 17.3 Å². The van der Waals surface area contributed by atoms with E-state index in [1.165, 1.54) is 19.3 Å². The van der Waals surface area contributed by atoms with Crippen molar-refractivity contribution in [2.75, 3.05) is 12.8 Å². The molecule has 0 saturated heterocycles. The molecule has 0 amide bonds. The monoisotopic (exact) mass is 456 g/mol. The summed E-state index contributed by atoms with van der Waals surface area (Å²) in [6, 6.07) is 3.40. The lowest BCUT2D eigenvalue weighted by atomic mass is 9.48. The molecular weight excluding hydrogens is 421 g/mol. The van der Waals surface area contributed by atoms with Crippen LogP contribution >= 0.6 is 7.60 Å². The van der Waals surface area contributed by atoms with Gasteiger partial charge in [0.15, 0.2) is 11.6 Å². The molecule has 0 radical (unpaired) electrons. The summed E-state index contributed by atoms with van der Waals surface area (Å²) in [7, 11) is -3.88. The van der Waals surface area contributed by atoms with Crippen LogP contribution in [0.2, 0.25) is 0 Å². The first kappa shape index (κ1) is 23.2. The molecule has 2 N–H and O–H groups in total. The van der Waals surface area contributed by atoms with Crippen LogP contribution in [0, 0.1) is 29.4 Å². The average molecular weight is 457 g/mol. The Balaban J connectivity index is 1.24. The molecule has 0 spiro atoms. The van der Waals surface area contributed by atoms with Gasteiger partial charge in [0, 0.05) is 6.16 Å². The molecule has 31 heavy (non-hydrogen) atoms. The lowest BCUT2D eigenvalue weighted by molar-refractivity contribution is -0.00708. The van der Waals surface area contributed by atoms with Crippen LogP contribution in [0.4, 0.5) is 8.78 Å². The number of halogens is 2. The Kier molecular flexibility index (Phi) is 7.10. The zero-order valence-corrected chi connectivity index (χ0v) is 19.1. The molecule has 0 unspecified atom stereocenters. The van der Waals surface area contributed by atoms with Crippen molar-refractivity contribution >= 4 is 7.60 Å². The average Bonchev–Trinajstić information content (AvgIpc) is 2.67. The molecule has 0 heterocycles. The van der Waals surface area contributed by atoms with E-state index >= 15 is 4.39 Å². The smallest absolute Gasteiger partial charge is 0.325 e. The molecule has 0 aliphatic heterocycles. The molecule has 0 aromatic heterocycles. The molecule has 1 aromatic carbocycles. The van der Waals surface area contributed by atoms with E-state index < -0.39 is 19.2 Å². The van der Waals surface area contributed by atoms with Gasteiger partial charge in [-0.1, -0.05) is 31.7 Å². The maximum absolute atomic E-state index is 15.1. The highest BCUT2D eigenvalue weighted by atomic mass is 31.2. The van der Waals surface area contributed by atoms with Crippen molar-refractivity contribution in [1.29, 1.82) is 0 Å². The Morgan fingerprint density at radius 2 is 1.42 bits per heavy atom. The number of hydrogen-bond acceptors (Lipinski definition) is 2. The minimum Gasteiger partial charge on any atom is -0.490 e. The summed E-state index contributed by atoms with van der Waals surface area (Å²) in [4.78, 5) is 17.7. The summed E-state index contributed by atoms with van der Waals surface area (Å²) in [5.74, 6) is 0.507. The Bertz CT molecular complexity index is 787. The largest absolute Gasteiger partial charge is 0.490 e. The van der Waals surface area contributed by atoms with Gasteiger partial charge in [0.2, 0.25) is 5.82 Å². The molecule has 4 saturated carbocycles. The standard InChI is InChI=1S/C24H35F2O4P/c25-22-20(24-14-17-11-18(15-24)13-19(12-17)16-24)7-8-21(23(22)26)30-9-5-3-1-2-4-6-10-31(27,28)29/h7-8,17-19H,1-6,9-16H2,(H2,27,28,29)/t17-,18?,19?,24-. The second-order valence-corrected chi connectivity index (χ2v) is 12.1. The van der Waals surface area contributed by atoms with E-state index in [4.69, 9.17) is 14.5 Å². The third kappa shape index (κ3) is 5.51. The van der Waals surface area contributed by atoms with Crippen LogP contribution < -0.4 is 4.74 Å². The van der Waals surface area contributed by atoms with Crippen LogP contribution in [-0.2, 0) is 9.98 Å². The van der Waals surface area contributed by atoms with Crippen molar-refractivity contribution in [2.45, 2.75) is 82.5 Å². The maximum Gasteiger partial charge on any atom is 0.325 e. The summed E-state index contributed by atoms with van der Waals surface area (Å²) in [6.45, 7) is 0.343. The van der Waals surface area contributed by atoms with Crippen LogP contribution in [0.25, 0.3) is 0 Å². The molecule has 4 fully saturated rings. The normalized spacial score (nSPS) is 29.5. The van der Waals surface area contributed by atoms with E-state index in [9.17, 15) is 8.96 Å². The number of ether oxygens (including phenoxy) is 1. The van der Waals surface area contributed by atoms with Gasteiger partial charge >= 0.3 is 7.60 Å². The first-order valence-corrected chi connectivity index (χ1v) is 13.7. The summed E-state index contributed by atoms with van der Waals surface area (Å²) >= 11 is 0. The third-order valence-electron chi connectivity index (χ3n) is 7.76. The van der Waals surface area contributed by atoms with Crippen molar-refractivity contribution in [3.05, 3.63) is 29.3 Å². The maximum atomic E-state index is 15.1. The van der Waals surface area contributed by atoms with Crippen LogP contribution in [-0.4, -0.2) is 22.6 Å². The van der Waals surface area contributed by atoms with Crippen molar-refractivity contribution in [1.82, 2.24) is 0 Å². The zero-order valence-electron chi connectivity index (χ0n) is 18.2. The highest BCUT2D eigenvalue weighted by Gasteiger charge is 2.52. The summed E-state index contributed by atoms with van der Waals surface area (Å²) in [5, 5.41) is 0. The predicted molar refractivity (Wildman–Crippen MR) is 116 cm³/mol. The van der Waals surface area contributed by atoms with Crippen molar-refractivity contribution in [2.24, 2.45) is 17.8 Å². The number of benzene rings is 1. The van der Waals surface area contributed by atoms with Gasteiger partial charge in [-0.25, -0.2) is 4.39 Å². The highest BCUT2D eigenvalue weighted by Crippen LogP contribution is 2.61. The second-order valence-electron chi connectivity index (χ2n) is 10.3. The molecule has 0 atom stereocenters. The van der Waals surface area contributed by atoms with Gasteiger partial charge in [-0.3, -0.25) is 4.57 Å². The zero-order chi connectivity index (χ0) is 22.1. The summed E-state index contributed by atoms with van der Waals surface area (Å²) in [6.07, 6.45) is 11.6. The molecule has 4 nitrogen and oxygen atoms in total. The van der Waals surface area contributed by atoms with Gasteiger partial charge in [0.05, 0.1) is 6.61 Å². The van der Waals surface area contributed by atoms with Gasteiger partial charge in [0.25, 0.3) is 0 Å². The first-order valence-electron chi connectivity index (χ1n) is 11.9. The minimum absolute atomic E-state index is 0.00706. The van der Waals surface area contributed by atoms with Crippen LogP contribution in [0.15, 0.2) is 12.1 Å². The molecule has 174 valence electrons. The third-order valence-corrected chi connectivity index (χ3v) is 8.66. The quantitative estimate of drug-likeness (QED) is 0.302. The molecular formula is C24H35F2O4P. The molecule has 4 aliphatic rings. The Morgan fingerprint density at radius 3 is 2.00 bits per heavy atom. The van der Waals surface area contributed by atoms with Gasteiger partial charge < -0.3 is 14.5 Å². The van der Waals surface area contributed by atoms with E-state index in [0.29, 0.717) is 36.3 Å². The second kappa shape index (κ2) is 9.49. The van der Waals surface area contributed by atoms with Gasteiger partial charge in [-0.15, -0.1) is 0 Å². The fourth-order valence-electron chi connectivity index (χ4n) is 6.80. The fraction of sp³-hybridized carbons (Fsp3) is 0.750. The van der Waals surface area contributed by atoms with Crippen molar-refractivity contribution in [3.63, 3.8) is 0 Å². The molecule has 5 rings (SSSR count). The highest BCUT2D eigenvalue weighted by molar-refractivity contribution is 7.51. The lowest BCUT2D eigenvalue weighted by Gasteiger charge is -2.57. The molecule has 7 heteroatoms. The number of unbranched alkanes of at least 4 members (excludes halogenated alkanes) is 5. The Labute approximate surface area is 183 Å². The number of rotatable bonds is 11. The fourth-order valence-corrected chi connectivity index (χ4v) is 7.44. The molecule has 4 bridgehead atoms. The van der Waals surface area contributed by atoms with Crippen molar-refractivity contribution < 1.29 is 27.9 Å². The van der Waals surface area contributed by atoms with E-state index in [1.54, 1.807) is 12.1 Å². The SMILES string of the molecule is O=P(O)(O)CCCCCCCCOc1ccc([C@]23CC4CC(C[C@H](C4)C2)C3)c(F)c1F. The van der Waals surface area contributed by atoms with E-state index in [2.05, 4.69) is 0 Å². The van der Waals surface area contributed by atoms with E-state index in [1.807, 2.05) is 0 Å². The van der Waals surface area contributed by atoms with Crippen molar-refractivity contribution in [3.8, 4) is 5.75 Å². The molecule has 1 aromatic rings. The topological polar surface area (TPSA) is 66.8 Å². The molecule has 4 aliphatic carbocycles. The minimum atomic E-state index is -3.88. The van der Waals surface area contributed by atoms with Crippen LogP contribution in [0.1, 0.15) is 82.6 Å². The van der Waals surface area contributed by atoms with Gasteiger partial charge in [-0.2, -0.15) is 4.39 Å². The van der Waals surface area contributed by atoms with Crippen LogP contribution in [0.5, 0.6) is 5.75 Å². The van der Waals surface area contributed by atoms with Gasteiger partial charge in [0.1, 0.15) is 0 Å². The first-order chi connectivity index (χ1) is 14.8. The number of hydrogen-bond donors (Lipinski definition) is 2. The van der Waals surface area contributed by atoms with E-state index in [0.717, 1.165) is 51.4 Å². The Morgan fingerprint density at radius 1 is 0.871 bits per heavy atom. The van der Waals surface area contributed by atoms with Crippen LogP contribution in [0.3, 0.4) is 0 Å². The predicted octanol–water partition coefficient (Wildman–Crippen LogP) is 6.33. The summed E-state index contributed by atoms with van der Waals surface area (Å²) < 4.78 is 46.2. The lowest BCUT2D eigenvalue weighted by Crippen LogP contribution is -2.49. The van der Waals surface area contributed by atoms with Gasteiger partial charge in [-0.05, 0) is 86.2 Å². The Hall–Kier alpha value is -0.970.